The lowest BCUT2D eigenvalue weighted by atomic mass is 10.1. The first-order valence-electron chi connectivity index (χ1n) is 6.94. The maximum atomic E-state index is 12.2. The van der Waals surface area contributed by atoms with Crippen molar-refractivity contribution in [2.75, 3.05) is 19.8 Å². The normalized spacial score (nSPS) is 18.7. The zero-order valence-corrected chi connectivity index (χ0v) is 11.9. The lowest BCUT2D eigenvalue weighted by molar-refractivity contribution is -0.146. The van der Waals surface area contributed by atoms with Crippen LogP contribution in [0.5, 0.6) is 0 Å². The summed E-state index contributed by atoms with van der Waals surface area (Å²) in [5, 5.41) is 12.6. The maximum Gasteiger partial charge on any atom is 0.305 e. The molecule has 0 bridgehead atoms. The van der Waals surface area contributed by atoms with Crippen LogP contribution in [0.4, 0.5) is 0 Å². The van der Waals surface area contributed by atoms with Gasteiger partial charge in [-0.25, -0.2) is 0 Å². The number of aryl methyl sites for hydroxylation is 2. The van der Waals surface area contributed by atoms with Gasteiger partial charge in [0.25, 0.3) is 0 Å². The minimum Gasteiger partial charge on any atom is -0.481 e. The average molecular weight is 297 g/mol. The number of carbonyl (C=O) groups excluding carboxylic acids is 1. The standard InChI is InChI=1S/C13H19N3O5/c1-9-14-11(21-15-9)3-2-4-12(17)16-5-6-20-8-10(16)7-13(18)19/h10H,2-8H2,1H3,(H,18,19). The number of carboxylic acid groups (broad SMARTS) is 1. The smallest absolute Gasteiger partial charge is 0.305 e. The zero-order valence-electron chi connectivity index (χ0n) is 11.9. The second kappa shape index (κ2) is 7.16. The molecule has 2 heterocycles. The summed E-state index contributed by atoms with van der Waals surface area (Å²) in [5.41, 5.74) is 0. The zero-order chi connectivity index (χ0) is 15.2. The Morgan fingerprint density at radius 3 is 2.95 bits per heavy atom. The first kappa shape index (κ1) is 15.4. The lowest BCUT2D eigenvalue weighted by Crippen LogP contribution is -2.49. The summed E-state index contributed by atoms with van der Waals surface area (Å²) in [7, 11) is 0. The van der Waals surface area contributed by atoms with E-state index in [0.717, 1.165) is 0 Å². The topological polar surface area (TPSA) is 106 Å². The van der Waals surface area contributed by atoms with E-state index in [1.807, 2.05) is 0 Å². The van der Waals surface area contributed by atoms with Crippen LogP contribution in [0.25, 0.3) is 0 Å². The van der Waals surface area contributed by atoms with E-state index >= 15 is 0 Å². The van der Waals surface area contributed by atoms with Crippen molar-refractivity contribution >= 4 is 11.9 Å². The number of morpholine rings is 1. The third-order valence-electron chi connectivity index (χ3n) is 3.31. The third-order valence-corrected chi connectivity index (χ3v) is 3.31. The third kappa shape index (κ3) is 4.52. The molecule has 1 amide bonds. The molecule has 1 fully saturated rings. The molecule has 21 heavy (non-hydrogen) atoms. The van der Waals surface area contributed by atoms with Crippen LogP contribution in [-0.4, -0.2) is 57.8 Å². The number of hydrogen-bond donors (Lipinski definition) is 1. The number of carbonyl (C=O) groups is 2. The van der Waals surface area contributed by atoms with Gasteiger partial charge >= 0.3 is 5.97 Å². The molecule has 1 saturated heterocycles. The van der Waals surface area contributed by atoms with Crippen molar-refractivity contribution in [3.8, 4) is 0 Å². The van der Waals surface area contributed by atoms with Gasteiger partial charge in [-0.15, -0.1) is 0 Å². The SMILES string of the molecule is Cc1noc(CCCC(=O)N2CCOCC2CC(=O)O)n1. The van der Waals surface area contributed by atoms with Gasteiger partial charge in [-0.3, -0.25) is 9.59 Å². The van der Waals surface area contributed by atoms with Crippen LogP contribution >= 0.6 is 0 Å². The van der Waals surface area contributed by atoms with Crippen LogP contribution < -0.4 is 0 Å². The number of ether oxygens (including phenoxy) is 1. The molecule has 0 aliphatic carbocycles. The minimum absolute atomic E-state index is 0.0548. The first-order valence-corrected chi connectivity index (χ1v) is 6.94. The number of carboxylic acids is 1. The van der Waals surface area contributed by atoms with Gasteiger partial charge in [0, 0.05) is 19.4 Å². The monoisotopic (exact) mass is 297 g/mol. The summed E-state index contributed by atoms with van der Waals surface area (Å²) in [6.07, 6.45) is 1.38. The highest BCUT2D eigenvalue weighted by Crippen LogP contribution is 2.14. The Labute approximate surface area is 122 Å². The Hall–Kier alpha value is -1.96. The summed E-state index contributed by atoms with van der Waals surface area (Å²) in [4.78, 5) is 28.7. The highest BCUT2D eigenvalue weighted by Gasteiger charge is 2.28. The van der Waals surface area contributed by atoms with Crippen molar-refractivity contribution in [1.82, 2.24) is 15.0 Å². The minimum atomic E-state index is -0.926. The van der Waals surface area contributed by atoms with Crippen molar-refractivity contribution in [2.24, 2.45) is 0 Å². The van der Waals surface area contributed by atoms with Gasteiger partial charge in [-0.2, -0.15) is 4.98 Å². The maximum absolute atomic E-state index is 12.2. The van der Waals surface area contributed by atoms with Crippen LogP contribution in [-0.2, 0) is 20.7 Å². The summed E-state index contributed by atoms with van der Waals surface area (Å²) in [5.74, 6) is 0.112. The molecule has 1 N–H and O–H groups in total. The van der Waals surface area contributed by atoms with E-state index in [1.54, 1.807) is 11.8 Å². The van der Waals surface area contributed by atoms with E-state index in [-0.39, 0.29) is 25.0 Å². The number of aromatic nitrogens is 2. The average Bonchev–Trinajstić information content (AvgIpc) is 2.84. The van der Waals surface area contributed by atoms with Crippen LogP contribution in [0.1, 0.15) is 31.0 Å². The lowest BCUT2D eigenvalue weighted by Gasteiger charge is -2.34. The number of amides is 1. The fourth-order valence-electron chi connectivity index (χ4n) is 2.33. The predicted octanol–water partition coefficient (Wildman–Crippen LogP) is 0.403. The Bertz CT molecular complexity index is 502. The van der Waals surface area contributed by atoms with Gasteiger partial charge in [0.2, 0.25) is 11.8 Å². The largest absolute Gasteiger partial charge is 0.481 e. The molecule has 8 nitrogen and oxygen atoms in total. The van der Waals surface area contributed by atoms with Gasteiger partial charge in [0.05, 0.1) is 25.7 Å². The van der Waals surface area contributed by atoms with Crippen molar-refractivity contribution < 1.29 is 24.0 Å². The molecule has 0 aromatic carbocycles. The Balaban J connectivity index is 1.81. The van der Waals surface area contributed by atoms with Crippen molar-refractivity contribution in [3.63, 3.8) is 0 Å². The van der Waals surface area contributed by atoms with Gasteiger partial charge < -0.3 is 19.3 Å². The molecule has 1 unspecified atom stereocenters. The second-order valence-electron chi connectivity index (χ2n) is 5.00. The number of aliphatic carboxylic acids is 1. The molecule has 116 valence electrons. The quantitative estimate of drug-likeness (QED) is 0.810. The van der Waals surface area contributed by atoms with E-state index in [0.29, 0.717) is 44.1 Å². The fraction of sp³-hybridized carbons (Fsp3) is 0.692. The van der Waals surface area contributed by atoms with E-state index in [1.165, 1.54) is 0 Å². The highest BCUT2D eigenvalue weighted by atomic mass is 16.5. The fourth-order valence-corrected chi connectivity index (χ4v) is 2.33. The van der Waals surface area contributed by atoms with E-state index in [9.17, 15) is 9.59 Å². The molecule has 1 atom stereocenters. The molecular weight excluding hydrogens is 278 g/mol. The van der Waals surface area contributed by atoms with E-state index in [2.05, 4.69) is 10.1 Å². The van der Waals surface area contributed by atoms with Gasteiger partial charge in [-0.1, -0.05) is 5.16 Å². The van der Waals surface area contributed by atoms with E-state index in [4.69, 9.17) is 14.4 Å². The second-order valence-corrected chi connectivity index (χ2v) is 5.00. The summed E-state index contributed by atoms with van der Waals surface area (Å²) in [6, 6.07) is -0.380. The number of rotatable bonds is 6. The molecule has 0 spiro atoms. The van der Waals surface area contributed by atoms with Gasteiger partial charge in [0.1, 0.15) is 0 Å². The van der Waals surface area contributed by atoms with Crippen molar-refractivity contribution in [3.05, 3.63) is 11.7 Å². The number of hydrogen-bond acceptors (Lipinski definition) is 6. The molecule has 0 radical (unpaired) electrons. The Morgan fingerprint density at radius 1 is 1.48 bits per heavy atom. The highest BCUT2D eigenvalue weighted by molar-refractivity contribution is 5.77. The van der Waals surface area contributed by atoms with Crippen LogP contribution in [0.15, 0.2) is 4.52 Å². The van der Waals surface area contributed by atoms with Gasteiger partial charge in [-0.05, 0) is 13.3 Å². The molecule has 2 rings (SSSR count). The van der Waals surface area contributed by atoms with Crippen LogP contribution in [0, 0.1) is 6.92 Å². The van der Waals surface area contributed by atoms with Crippen LogP contribution in [0.2, 0.25) is 0 Å². The summed E-state index contributed by atoms with van der Waals surface area (Å²) < 4.78 is 10.2. The molecular formula is C13H19N3O5. The summed E-state index contributed by atoms with van der Waals surface area (Å²) >= 11 is 0. The Morgan fingerprint density at radius 2 is 2.29 bits per heavy atom. The molecule has 1 aliphatic heterocycles. The van der Waals surface area contributed by atoms with Crippen molar-refractivity contribution in [1.29, 1.82) is 0 Å². The molecule has 0 saturated carbocycles. The van der Waals surface area contributed by atoms with E-state index < -0.39 is 5.97 Å². The predicted molar refractivity (Wildman–Crippen MR) is 70.5 cm³/mol. The molecule has 1 aliphatic rings. The molecule has 1 aromatic rings. The van der Waals surface area contributed by atoms with Gasteiger partial charge in [0.15, 0.2) is 5.82 Å². The molecule has 8 heteroatoms. The van der Waals surface area contributed by atoms with Crippen molar-refractivity contribution in [2.45, 2.75) is 38.6 Å². The first-order chi connectivity index (χ1) is 10.1. The Kier molecular flexibility index (Phi) is 5.26. The number of nitrogens with zero attached hydrogens (tertiary/aromatic N) is 3. The van der Waals surface area contributed by atoms with Crippen LogP contribution in [0.3, 0.4) is 0 Å². The summed E-state index contributed by atoms with van der Waals surface area (Å²) in [6.45, 7) is 2.91. The molecule has 1 aromatic heterocycles.